The van der Waals surface area contributed by atoms with Crippen molar-refractivity contribution in [3.63, 3.8) is 0 Å². The minimum atomic E-state index is -0.0116. The van der Waals surface area contributed by atoms with Crippen LogP contribution in [-0.2, 0) is 17.3 Å². The first-order valence-corrected chi connectivity index (χ1v) is 18.0. The lowest BCUT2D eigenvalue weighted by Crippen LogP contribution is -2.10. The molecule has 0 aliphatic carbocycles. The minimum absolute atomic E-state index is 0.00110. The van der Waals surface area contributed by atoms with Crippen molar-refractivity contribution in [1.82, 2.24) is 8.80 Å². The molecule has 6 aromatic carbocycles. The summed E-state index contributed by atoms with van der Waals surface area (Å²) in [4.78, 5) is 0. The van der Waals surface area contributed by atoms with E-state index in [1.807, 2.05) is 0 Å². The number of aromatic nitrogens is 2. The predicted octanol–water partition coefficient (Wildman–Crippen LogP) is 12.4. The number of nitrogens with zero attached hydrogens (tertiary/aromatic N) is 2. The van der Waals surface area contributed by atoms with Gasteiger partial charge in [0, 0.05) is 60.3 Å². The van der Waals surface area contributed by atoms with Gasteiger partial charge in [-0.1, -0.05) is 77.9 Å². The van der Waals surface area contributed by atoms with Crippen molar-refractivity contribution in [3.05, 3.63) is 102 Å². The Labute approximate surface area is 288 Å². The third-order valence-corrected chi connectivity index (χ3v) is 12.0. The molecule has 5 aromatic heterocycles. The lowest BCUT2D eigenvalue weighted by atomic mass is 9.85. The molecule has 4 heteroatoms. The van der Waals surface area contributed by atoms with Gasteiger partial charge in [0.15, 0.2) is 5.58 Å². The van der Waals surface area contributed by atoms with Crippen LogP contribution in [0.15, 0.2) is 89.3 Å². The van der Waals surface area contributed by atoms with E-state index in [2.05, 4.69) is 135 Å². The maximum Gasteiger partial charge on any atom is 0.160 e. The lowest BCUT2D eigenvalue weighted by molar-refractivity contribution is 0.359. The second-order valence-corrected chi connectivity index (χ2v) is 16.9. The van der Waals surface area contributed by atoms with Crippen LogP contribution in [0.1, 0.15) is 58.2 Å². The summed E-state index contributed by atoms with van der Waals surface area (Å²) in [5, 5.41) is 12.6. The van der Waals surface area contributed by atoms with Gasteiger partial charge in [-0.15, -0.1) is 0 Å². The monoisotopic (exact) mass is 648 g/mol. The Balaban J connectivity index is 1.35. The smallest absolute Gasteiger partial charge is 0.160 e. The van der Waals surface area contributed by atoms with E-state index in [4.69, 9.17) is 9.15 Å². The van der Waals surface area contributed by atoms with Crippen molar-refractivity contribution in [1.29, 1.82) is 0 Å². The summed E-state index contributed by atoms with van der Waals surface area (Å²) in [6.45, 7) is 14.7. The van der Waals surface area contributed by atoms with Gasteiger partial charge < -0.3 is 18.0 Å². The maximum absolute atomic E-state index is 6.76. The van der Waals surface area contributed by atoms with Crippen LogP contribution in [0.25, 0.3) is 98.1 Å². The van der Waals surface area contributed by atoms with Crippen LogP contribution in [0.4, 0.5) is 0 Å². The number of para-hydroxylation sites is 1. The van der Waals surface area contributed by atoms with E-state index in [0.717, 1.165) is 46.2 Å². The van der Waals surface area contributed by atoms with Crippen molar-refractivity contribution >= 4 is 98.1 Å². The van der Waals surface area contributed by atoms with Crippen LogP contribution in [-0.4, -0.2) is 15.4 Å². The van der Waals surface area contributed by atoms with Gasteiger partial charge in [0.2, 0.25) is 0 Å². The van der Waals surface area contributed by atoms with Gasteiger partial charge in [0.1, 0.15) is 11.3 Å². The highest BCUT2D eigenvalue weighted by Crippen LogP contribution is 2.50. The maximum atomic E-state index is 6.76. The number of ether oxygens (including phenoxy) is 1. The Bertz CT molecular complexity index is 3300. The van der Waals surface area contributed by atoms with Gasteiger partial charge in [0.05, 0.1) is 39.7 Å². The molecule has 0 unspecified atom stereocenters. The molecule has 0 saturated carbocycles. The first kappa shape index (κ1) is 27.4. The van der Waals surface area contributed by atoms with Gasteiger partial charge in [-0.2, -0.15) is 0 Å². The third-order valence-electron chi connectivity index (χ3n) is 12.0. The fourth-order valence-electron chi connectivity index (χ4n) is 9.41. The minimum Gasteiger partial charge on any atom is -0.491 e. The molecule has 1 aliphatic heterocycles. The average Bonchev–Trinajstić information content (AvgIpc) is 3.92. The zero-order valence-corrected chi connectivity index (χ0v) is 29.2. The fourth-order valence-corrected chi connectivity index (χ4v) is 9.41. The van der Waals surface area contributed by atoms with E-state index in [1.54, 1.807) is 0 Å². The molecule has 11 aromatic rings. The molecule has 242 valence electrons. The van der Waals surface area contributed by atoms with Crippen LogP contribution in [0.5, 0.6) is 5.75 Å². The van der Waals surface area contributed by atoms with E-state index in [9.17, 15) is 0 Å². The SMILES string of the molecule is CC(C)(C)c1cc2c3cc4c(cc3n3c5c6c(ccc5c(c1)c23)CCO6)c1cc(C(C)(C)C)cc2c3ccc5c6ccccc6oc5c3n4c12. The lowest BCUT2D eigenvalue weighted by Gasteiger charge is -2.19. The molecule has 0 spiro atoms. The van der Waals surface area contributed by atoms with Crippen molar-refractivity contribution in [3.8, 4) is 5.75 Å². The highest BCUT2D eigenvalue weighted by Gasteiger charge is 2.29. The third kappa shape index (κ3) is 3.11. The second kappa shape index (κ2) is 8.45. The molecule has 0 saturated heterocycles. The molecule has 0 N–H and O–H groups in total. The van der Waals surface area contributed by atoms with Crippen LogP contribution in [0, 0.1) is 0 Å². The summed E-state index contributed by atoms with van der Waals surface area (Å²) >= 11 is 0. The normalized spacial score (nSPS) is 14.6. The van der Waals surface area contributed by atoms with E-state index < -0.39 is 0 Å². The van der Waals surface area contributed by atoms with Crippen molar-refractivity contribution < 1.29 is 9.15 Å². The van der Waals surface area contributed by atoms with E-state index in [0.29, 0.717) is 0 Å². The molecule has 0 bridgehead atoms. The summed E-state index contributed by atoms with van der Waals surface area (Å²) < 4.78 is 18.2. The molecular weight excluding hydrogens is 613 g/mol. The summed E-state index contributed by atoms with van der Waals surface area (Å²) in [6.07, 6.45) is 0.959. The first-order valence-electron chi connectivity index (χ1n) is 18.0. The molecule has 6 heterocycles. The van der Waals surface area contributed by atoms with Crippen molar-refractivity contribution in [2.45, 2.75) is 58.8 Å². The van der Waals surface area contributed by atoms with Crippen molar-refractivity contribution in [2.24, 2.45) is 0 Å². The van der Waals surface area contributed by atoms with Gasteiger partial charge in [-0.3, -0.25) is 0 Å². The summed E-state index contributed by atoms with van der Waals surface area (Å²) in [5.41, 5.74) is 13.3. The Morgan fingerprint density at radius 2 is 1.04 bits per heavy atom. The summed E-state index contributed by atoms with van der Waals surface area (Å²) in [7, 11) is 0. The Kier molecular flexibility index (Phi) is 4.62. The molecule has 1 aliphatic rings. The Morgan fingerprint density at radius 1 is 0.500 bits per heavy atom. The molecule has 0 atom stereocenters. The van der Waals surface area contributed by atoms with Gasteiger partial charge >= 0.3 is 0 Å². The van der Waals surface area contributed by atoms with Crippen molar-refractivity contribution in [2.75, 3.05) is 6.61 Å². The zero-order valence-electron chi connectivity index (χ0n) is 29.2. The quantitative estimate of drug-likeness (QED) is 0.164. The van der Waals surface area contributed by atoms with Gasteiger partial charge in [-0.25, -0.2) is 0 Å². The average molecular weight is 649 g/mol. The molecular formula is C46H36N2O2. The first-order chi connectivity index (χ1) is 24.1. The highest BCUT2D eigenvalue weighted by molar-refractivity contribution is 6.31. The number of hydrogen-bond acceptors (Lipinski definition) is 2. The summed E-state index contributed by atoms with van der Waals surface area (Å²) in [5.74, 6) is 1.05. The fraction of sp³-hybridized carbons (Fsp3) is 0.217. The topological polar surface area (TPSA) is 31.2 Å². The number of rotatable bonds is 0. The molecule has 0 fully saturated rings. The van der Waals surface area contributed by atoms with E-state index in [-0.39, 0.29) is 10.8 Å². The number of furan rings is 1. The van der Waals surface area contributed by atoms with Crippen LogP contribution in [0.3, 0.4) is 0 Å². The van der Waals surface area contributed by atoms with Gasteiger partial charge in [0.25, 0.3) is 0 Å². The Hall–Kier alpha value is -5.48. The Morgan fingerprint density at radius 3 is 1.68 bits per heavy atom. The number of fused-ring (bicyclic) bond motifs is 18. The van der Waals surface area contributed by atoms with Gasteiger partial charge in [-0.05, 0) is 76.1 Å². The van der Waals surface area contributed by atoms with Crippen LogP contribution >= 0.6 is 0 Å². The molecule has 0 amide bonds. The number of benzene rings is 6. The second-order valence-electron chi connectivity index (χ2n) is 16.9. The molecule has 12 rings (SSSR count). The van der Waals surface area contributed by atoms with Crippen LogP contribution in [0.2, 0.25) is 0 Å². The molecule has 0 radical (unpaired) electrons. The largest absolute Gasteiger partial charge is 0.491 e. The van der Waals surface area contributed by atoms with E-state index in [1.165, 1.54) is 87.4 Å². The highest BCUT2D eigenvalue weighted by atomic mass is 16.5. The van der Waals surface area contributed by atoms with Crippen LogP contribution < -0.4 is 4.74 Å². The summed E-state index contributed by atoms with van der Waals surface area (Å²) in [6, 6.07) is 32.4. The molecule has 4 nitrogen and oxygen atoms in total. The van der Waals surface area contributed by atoms with E-state index >= 15 is 0 Å². The number of hydrogen-bond donors (Lipinski definition) is 0. The zero-order chi connectivity index (χ0) is 33.6. The standard InChI is InChI=1S/C46H36N2O2/c1-45(2,3)24-17-32-27-12-11-23-15-16-49-43(23)41(27)47-36-21-31-35-20-25(46(4,5)6)18-33-28-13-14-29-26-9-7-8-10-38(26)50-44(29)42(28)48(40(33)35)37(31)22-30(36)34(19-24)39(32)47/h7-14,17-22H,15-16H2,1-6H3. The molecule has 50 heavy (non-hydrogen) atoms. The predicted molar refractivity (Wildman–Crippen MR) is 210 cm³/mol.